The lowest BCUT2D eigenvalue weighted by Crippen LogP contribution is -2.36. The molecule has 1 aliphatic carbocycles. The van der Waals surface area contributed by atoms with Gasteiger partial charge < -0.3 is 29.2 Å². The van der Waals surface area contributed by atoms with Gasteiger partial charge in [0.05, 0.1) is 43.7 Å². The molecule has 2 aliphatic rings. The zero-order chi connectivity index (χ0) is 22.1. The van der Waals surface area contributed by atoms with Crippen molar-refractivity contribution in [1.29, 1.82) is 0 Å². The highest BCUT2D eigenvalue weighted by molar-refractivity contribution is 5.95. The standard InChI is InChI=1S/C23H34N2O6/c1-3-29-20-15-19(25-10-12-28-13-11-25)21(30-4-2)14-18(20)24-22(26)16-31-23(27)17-8-6-5-7-9-17/h14-15,17H,3-13,16H2,1-2H3,(H,24,26). The Morgan fingerprint density at radius 3 is 2.39 bits per heavy atom. The van der Waals surface area contributed by atoms with Crippen molar-refractivity contribution in [2.75, 3.05) is 56.3 Å². The lowest BCUT2D eigenvalue weighted by atomic mass is 9.89. The van der Waals surface area contributed by atoms with Gasteiger partial charge >= 0.3 is 5.97 Å². The van der Waals surface area contributed by atoms with Crippen molar-refractivity contribution < 1.29 is 28.5 Å². The summed E-state index contributed by atoms with van der Waals surface area (Å²) in [6.45, 7) is 7.28. The van der Waals surface area contributed by atoms with Crippen molar-refractivity contribution in [3.63, 3.8) is 0 Å². The van der Waals surface area contributed by atoms with Gasteiger partial charge in [0.1, 0.15) is 11.5 Å². The number of nitrogens with zero attached hydrogens (tertiary/aromatic N) is 1. The summed E-state index contributed by atoms with van der Waals surface area (Å²) in [5.74, 6) is 0.462. The Labute approximate surface area is 184 Å². The summed E-state index contributed by atoms with van der Waals surface area (Å²) in [5.41, 5.74) is 1.41. The maximum atomic E-state index is 12.5. The normalized spacial score (nSPS) is 17.2. The summed E-state index contributed by atoms with van der Waals surface area (Å²) < 4.78 is 22.4. The van der Waals surface area contributed by atoms with Crippen LogP contribution in [0.4, 0.5) is 11.4 Å². The van der Waals surface area contributed by atoms with Gasteiger partial charge in [-0.1, -0.05) is 19.3 Å². The largest absolute Gasteiger partial charge is 0.492 e. The van der Waals surface area contributed by atoms with E-state index in [-0.39, 0.29) is 18.5 Å². The van der Waals surface area contributed by atoms with E-state index in [4.69, 9.17) is 18.9 Å². The van der Waals surface area contributed by atoms with Crippen LogP contribution in [0.3, 0.4) is 0 Å². The zero-order valence-corrected chi connectivity index (χ0v) is 18.6. The molecule has 1 aromatic rings. The molecule has 0 unspecified atom stereocenters. The van der Waals surface area contributed by atoms with Gasteiger partial charge in [-0.3, -0.25) is 9.59 Å². The molecule has 1 saturated carbocycles. The van der Waals surface area contributed by atoms with Crippen molar-refractivity contribution in [2.45, 2.75) is 46.0 Å². The molecule has 1 aromatic carbocycles. The predicted molar refractivity (Wildman–Crippen MR) is 118 cm³/mol. The molecule has 0 radical (unpaired) electrons. The topological polar surface area (TPSA) is 86.3 Å². The first-order valence-electron chi connectivity index (χ1n) is 11.3. The quantitative estimate of drug-likeness (QED) is 0.596. The minimum atomic E-state index is -0.397. The van der Waals surface area contributed by atoms with Crippen LogP contribution in [0.5, 0.6) is 11.5 Å². The Hall–Kier alpha value is -2.48. The second-order valence-corrected chi connectivity index (χ2v) is 7.77. The van der Waals surface area contributed by atoms with Crippen LogP contribution in [-0.2, 0) is 19.1 Å². The lowest BCUT2D eigenvalue weighted by molar-refractivity contribution is -0.152. The number of anilines is 2. The Bertz CT molecular complexity index is 742. The summed E-state index contributed by atoms with van der Waals surface area (Å²) in [7, 11) is 0. The van der Waals surface area contributed by atoms with E-state index in [0.29, 0.717) is 43.6 Å². The number of rotatable bonds is 9. The smallest absolute Gasteiger partial charge is 0.309 e. The number of carbonyl (C=O) groups excluding carboxylic acids is 2. The average molecular weight is 435 g/mol. The number of hydrogen-bond acceptors (Lipinski definition) is 7. The second-order valence-electron chi connectivity index (χ2n) is 7.77. The van der Waals surface area contributed by atoms with Crippen molar-refractivity contribution in [2.24, 2.45) is 5.92 Å². The Morgan fingerprint density at radius 1 is 1.03 bits per heavy atom. The minimum absolute atomic E-state index is 0.0853. The van der Waals surface area contributed by atoms with Crippen molar-refractivity contribution in [1.82, 2.24) is 0 Å². The number of amides is 1. The summed E-state index contributed by atoms with van der Waals surface area (Å²) in [6, 6.07) is 3.67. The molecular formula is C23H34N2O6. The SMILES string of the molecule is CCOc1cc(N2CCOCC2)c(OCC)cc1NC(=O)COC(=O)C1CCCCC1. The maximum absolute atomic E-state index is 12.5. The van der Waals surface area contributed by atoms with Gasteiger partial charge in [0, 0.05) is 25.2 Å². The number of hydrogen-bond donors (Lipinski definition) is 1. The van der Waals surface area contributed by atoms with Crippen molar-refractivity contribution in [3.05, 3.63) is 12.1 Å². The minimum Gasteiger partial charge on any atom is -0.492 e. The molecule has 1 aliphatic heterocycles. The molecule has 3 rings (SSSR count). The van der Waals surface area contributed by atoms with Gasteiger partial charge in [0.2, 0.25) is 0 Å². The summed E-state index contributed by atoms with van der Waals surface area (Å²) in [6.07, 6.45) is 4.93. The lowest BCUT2D eigenvalue weighted by Gasteiger charge is -2.31. The molecule has 1 amide bonds. The van der Waals surface area contributed by atoms with Crippen LogP contribution in [0, 0.1) is 5.92 Å². The second kappa shape index (κ2) is 11.8. The fourth-order valence-electron chi connectivity index (χ4n) is 4.02. The van der Waals surface area contributed by atoms with Gasteiger partial charge in [-0.2, -0.15) is 0 Å². The van der Waals surface area contributed by atoms with E-state index in [2.05, 4.69) is 10.2 Å². The van der Waals surface area contributed by atoms with Gasteiger partial charge in [-0.25, -0.2) is 0 Å². The first-order valence-corrected chi connectivity index (χ1v) is 11.3. The molecule has 0 atom stereocenters. The third kappa shape index (κ3) is 6.50. The third-order valence-corrected chi connectivity index (χ3v) is 5.57. The number of carbonyl (C=O) groups is 2. The Morgan fingerprint density at radius 2 is 1.71 bits per heavy atom. The first kappa shape index (κ1) is 23.2. The van der Waals surface area contributed by atoms with E-state index in [1.54, 1.807) is 6.07 Å². The Balaban J connectivity index is 1.70. The molecule has 0 spiro atoms. The molecule has 2 fully saturated rings. The van der Waals surface area contributed by atoms with Gasteiger partial charge in [0.25, 0.3) is 5.91 Å². The third-order valence-electron chi connectivity index (χ3n) is 5.57. The van der Waals surface area contributed by atoms with E-state index in [1.165, 1.54) is 0 Å². The van der Waals surface area contributed by atoms with Gasteiger partial charge in [-0.15, -0.1) is 0 Å². The number of benzene rings is 1. The van der Waals surface area contributed by atoms with Gasteiger partial charge in [-0.05, 0) is 26.7 Å². The fraction of sp³-hybridized carbons (Fsp3) is 0.652. The highest BCUT2D eigenvalue weighted by atomic mass is 16.5. The summed E-state index contributed by atoms with van der Waals surface area (Å²) in [4.78, 5) is 26.9. The van der Waals surface area contributed by atoms with E-state index >= 15 is 0 Å². The average Bonchev–Trinajstić information content (AvgIpc) is 2.80. The fourth-order valence-corrected chi connectivity index (χ4v) is 4.02. The molecule has 31 heavy (non-hydrogen) atoms. The van der Waals surface area contributed by atoms with Crippen LogP contribution in [-0.4, -0.2) is 58.0 Å². The van der Waals surface area contributed by atoms with Crippen LogP contribution in [0.2, 0.25) is 0 Å². The molecule has 1 saturated heterocycles. The van der Waals surface area contributed by atoms with Crippen LogP contribution < -0.4 is 19.7 Å². The van der Waals surface area contributed by atoms with Crippen LogP contribution in [0.1, 0.15) is 46.0 Å². The highest BCUT2D eigenvalue weighted by Crippen LogP contribution is 2.39. The molecule has 8 nitrogen and oxygen atoms in total. The van der Waals surface area contributed by atoms with Crippen molar-refractivity contribution >= 4 is 23.3 Å². The number of ether oxygens (including phenoxy) is 4. The maximum Gasteiger partial charge on any atom is 0.309 e. The number of esters is 1. The first-order chi connectivity index (χ1) is 15.1. The van der Waals surface area contributed by atoms with Crippen LogP contribution in [0.15, 0.2) is 12.1 Å². The summed E-state index contributed by atoms with van der Waals surface area (Å²) in [5, 5.41) is 2.82. The zero-order valence-electron chi connectivity index (χ0n) is 18.6. The van der Waals surface area contributed by atoms with Crippen LogP contribution in [0.25, 0.3) is 0 Å². The monoisotopic (exact) mass is 434 g/mol. The van der Waals surface area contributed by atoms with Crippen molar-refractivity contribution in [3.8, 4) is 11.5 Å². The number of morpholine rings is 1. The number of nitrogens with one attached hydrogen (secondary N) is 1. The van der Waals surface area contributed by atoms with E-state index in [1.807, 2.05) is 19.9 Å². The Kier molecular flexibility index (Phi) is 8.82. The summed E-state index contributed by atoms with van der Waals surface area (Å²) >= 11 is 0. The molecule has 172 valence electrons. The predicted octanol–water partition coefficient (Wildman–Crippen LogP) is 3.38. The van der Waals surface area contributed by atoms with Gasteiger partial charge in [0.15, 0.2) is 6.61 Å². The molecule has 8 heteroatoms. The molecule has 0 aromatic heterocycles. The molecule has 1 N–H and O–H groups in total. The van der Waals surface area contributed by atoms with E-state index < -0.39 is 5.91 Å². The van der Waals surface area contributed by atoms with E-state index in [0.717, 1.165) is 50.9 Å². The molecular weight excluding hydrogens is 400 g/mol. The van der Waals surface area contributed by atoms with E-state index in [9.17, 15) is 9.59 Å². The highest BCUT2D eigenvalue weighted by Gasteiger charge is 2.24. The molecule has 0 bridgehead atoms. The molecule has 1 heterocycles. The van der Waals surface area contributed by atoms with Crippen LogP contribution >= 0.6 is 0 Å².